The second-order valence-corrected chi connectivity index (χ2v) is 6.31. The third kappa shape index (κ3) is 3.96. The maximum atomic E-state index is 11.4. The van der Waals surface area contributed by atoms with Crippen LogP contribution in [0, 0.1) is 6.92 Å². The Bertz CT molecular complexity index is 742. The molecule has 2 rings (SSSR count). The maximum Gasteiger partial charge on any atom is 0.238 e. The molecule has 0 saturated heterocycles. The molecule has 0 aromatic heterocycles. The smallest absolute Gasteiger partial charge is 0.238 e. The number of nitrogens with one attached hydrogen (secondary N) is 1. The molecule has 0 aliphatic rings. The standard InChI is InChI=1S/C15H18N2O3S/c1-11-4-3-5-12(8-11)10-17-14-9-13(21(16,18)19)6-7-15(14)20-2/h3-9,17H,10H2,1-2H3,(H2,16,18,19). The van der Waals surface area contributed by atoms with Crippen LogP contribution in [-0.2, 0) is 16.6 Å². The van der Waals surface area contributed by atoms with E-state index in [-0.39, 0.29) is 4.90 Å². The summed E-state index contributed by atoms with van der Waals surface area (Å²) in [5, 5.41) is 8.32. The molecular weight excluding hydrogens is 288 g/mol. The van der Waals surface area contributed by atoms with Gasteiger partial charge >= 0.3 is 0 Å². The zero-order valence-electron chi connectivity index (χ0n) is 12.0. The van der Waals surface area contributed by atoms with Gasteiger partial charge in [-0.25, -0.2) is 13.6 Å². The van der Waals surface area contributed by atoms with Crippen LogP contribution in [0.25, 0.3) is 0 Å². The summed E-state index contributed by atoms with van der Waals surface area (Å²) < 4.78 is 28.1. The third-order valence-corrected chi connectivity index (χ3v) is 3.98. The van der Waals surface area contributed by atoms with E-state index in [4.69, 9.17) is 9.88 Å². The fraction of sp³-hybridized carbons (Fsp3) is 0.200. The van der Waals surface area contributed by atoms with Crippen LogP contribution >= 0.6 is 0 Å². The highest BCUT2D eigenvalue weighted by atomic mass is 32.2. The average Bonchev–Trinajstić information content (AvgIpc) is 2.44. The van der Waals surface area contributed by atoms with E-state index in [0.717, 1.165) is 5.56 Å². The Morgan fingerprint density at radius 2 is 1.95 bits per heavy atom. The molecule has 0 aliphatic heterocycles. The molecule has 0 atom stereocenters. The Hall–Kier alpha value is -2.05. The molecule has 112 valence electrons. The molecule has 0 fully saturated rings. The molecule has 0 unspecified atom stereocenters. The average molecular weight is 306 g/mol. The zero-order valence-corrected chi connectivity index (χ0v) is 12.8. The summed E-state index contributed by atoms with van der Waals surface area (Å²) in [5.41, 5.74) is 2.85. The molecule has 21 heavy (non-hydrogen) atoms. The summed E-state index contributed by atoms with van der Waals surface area (Å²) in [6, 6.07) is 12.5. The number of benzene rings is 2. The largest absolute Gasteiger partial charge is 0.495 e. The molecule has 0 amide bonds. The van der Waals surface area contributed by atoms with Crippen LogP contribution in [0.1, 0.15) is 11.1 Å². The minimum Gasteiger partial charge on any atom is -0.495 e. The molecule has 2 aromatic rings. The lowest BCUT2D eigenvalue weighted by Crippen LogP contribution is -2.13. The lowest BCUT2D eigenvalue weighted by atomic mass is 10.1. The van der Waals surface area contributed by atoms with Crippen LogP contribution in [0.4, 0.5) is 5.69 Å². The predicted octanol–water partition coefficient (Wildman–Crippen LogP) is 2.26. The highest BCUT2D eigenvalue weighted by Crippen LogP contribution is 2.27. The number of rotatable bonds is 5. The number of hydrogen-bond donors (Lipinski definition) is 2. The van der Waals surface area contributed by atoms with Crippen molar-refractivity contribution in [3.05, 3.63) is 53.6 Å². The Labute approximate surface area is 124 Å². The fourth-order valence-corrected chi connectivity index (χ4v) is 2.56. The van der Waals surface area contributed by atoms with Gasteiger partial charge in [0.15, 0.2) is 0 Å². The summed E-state index contributed by atoms with van der Waals surface area (Å²) in [6.45, 7) is 2.58. The molecule has 0 heterocycles. The first-order chi connectivity index (χ1) is 9.90. The number of hydrogen-bond acceptors (Lipinski definition) is 4. The van der Waals surface area contributed by atoms with E-state index in [1.165, 1.54) is 24.8 Å². The van der Waals surface area contributed by atoms with E-state index in [1.807, 2.05) is 25.1 Å². The van der Waals surface area contributed by atoms with Crippen LogP contribution in [0.2, 0.25) is 0 Å². The van der Waals surface area contributed by atoms with Crippen molar-refractivity contribution in [3.63, 3.8) is 0 Å². The Kier molecular flexibility index (Phi) is 4.50. The highest BCUT2D eigenvalue weighted by Gasteiger charge is 2.11. The van der Waals surface area contributed by atoms with Gasteiger partial charge in [0.2, 0.25) is 10.0 Å². The van der Waals surface area contributed by atoms with Crippen molar-refractivity contribution in [2.45, 2.75) is 18.4 Å². The monoisotopic (exact) mass is 306 g/mol. The van der Waals surface area contributed by atoms with Crippen LogP contribution in [0.15, 0.2) is 47.4 Å². The Morgan fingerprint density at radius 3 is 2.57 bits per heavy atom. The molecule has 6 heteroatoms. The van der Waals surface area contributed by atoms with Crippen molar-refractivity contribution in [2.24, 2.45) is 5.14 Å². The lowest BCUT2D eigenvalue weighted by Gasteiger charge is -2.12. The second kappa shape index (κ2) is 6.15. The van der Waals surface area contributed by atoms with Gasteiger partial charge in [0.25, 0.3) is 0 Å². The molecule has 3 N–H and O–H groups in total. The van der Waals surface area contributed by atoms with Crippen molar-refractivity contribution in [3.8, 4) is 5.75 Å². The minimum absolute atomic E-state index is 0.0510. The van der Waals surface area contributed by atoms with Gasteiger partial charge in [-0.3, -0.25) is 0 Å². The van der Waals surface area contributed by atoms with Gasteiger partial charge in [-0.05, 0) is 30.7 Å². The second-order valence-electron chi connectivity index (χ2n) is 4.75. The normalized spacial score (nSPS) is 11.2. The van der Waals surface area contributed by atoms with Gasteiger partial charge in [-0.15, -0.1) is 0 Å². The molecule has 0 aliphatic carbocycles. The number of primary sulfonamides is 1. The first kappa shape index (κ1) is 15.3. The van der Waals surface area contributed by atoms with Crippen molar-refractivity contribution < 1.29 is 13.2 Å². The lowest BCUT2D eigenvalue weighted by molar-refractivity contribution is 0.416. The van der Waals surface area contributed by atoms with E-state index >= 15 is 0 Å². The van der Waals surface area contributed by atoms with Crippen LogP contribution in [0.3, 0.4) is 0 Å². The summed E-state index contributed by atoms with van der Waals surface area (Å²) in [6.07, 6.45) is 0. The van der Waals surface area contributed by atoms with E-state index in [0.29, 0.717) is 18.0 Å². The molecule has 2 aromatic carbocycles. The minimum atomic E-state index is -3.74. The van der Waals surface area contributed by atoms with Crippen molar-refractivity contribution in [2.75, 3.05) is 12.4 Å². The number of aryl methyl sites for hydroxylation is 1. The summed E-state index contributed by atoms with van der Waals surface area (Å²) in [7, 11) is -2.20. The number of sulfonamides is 1. The van der Waals surface area contributed by atoms with Crippen molar-refractivity contribution in [1.29, 1.82) is 0 Å². The van der Waals surface area contributed by atoms with E-state index in [2.05, 4.69) is 11.4 Å². The zero-order chi connectivity index (χ0) is 15.5. The highest BCUT2D eigenvalue weighted by molar-refractivity contribution is 7.89. The van der Waals surface area contributed by atoms with Crippen LogP contribution in [-0.4, -0.2) is 15.5 Å². The SMILES string of the molecule is COc1ccc(S(N)(=O)=O)cc1NCc1cccc(C)c1. The van der Waals surface area contributed by atoms with E-state index in [1.54, 1.807) is 6.07 Å². The van der Waals surface area contributed by atoms with E-state index in [9.17, 15) is 8.42 Å². The number of ether oxygens (including phenoxy) is 1. The summed E-state index contributed by atoms with van der Waals surface area (Å²) in [4.78, 5) is 0.0510. The molecular formula is C15H18N2O3S. The van der Waals surface area contributed by atoms with Gasteiger partial charge in [0, 0.05) is 6.54 Å². The van der Waals surface area contributed by atoms with Gasteiger partial charge < -0.3 is 10.1 Å². The van der Waals surface area contributed by atoms with Crippen molar-refractivity contribution in [1.82, 2.24) is 0 Å². The van der Waals surface area contributed by atoms with E-state index < -0.39 is 10.0 Å². The third-order valence-electron chi connectivity index (χ3n) is 3.06. The molecule has 0 spiro atoms. The quantitative estimate of drug-likeness (QED) is 0.888. The topological polar surface area (TPSA) is 81.4 Å². The first-order valence-corrected chi connectivity index (χ1v) is 7.95. The molecule has 5 nitrogen and oxygen atoms in total. The predicted molar refractivity (Wildman–Crippen MR) is 82.9 cm³/mol. The van der Waals surface area contributed by atoms with Gasteiger partial charge in [0.05, 0.1) is 17.7 Å². The number of nitrogens with two attached hydrogens (primary N) is 1. The molecule has 0 radical (unpaired) electrons. The van der Waals surface area contributed by atoms with Crippen LogP contribution in [0.5, 0.6) is 5.75 Å². The maximum absolute atomic E-state index is 11.4. The Balaban J connectivity index is 2.25. The van der Waals surface area contributed by atoms with Gasteiger partial charge in [-0.2, -0.15) is 0 Å². The summed E-state index contributed by atoms with van der Waals surface area (Å²) >= 11 is 0. The fourth-order valence-electron chi connectivity index (χ4n) is 2.02. The van der Waals surface area contributed by atoms with Gasteiger partial charge in [-0.1, -0.05) is 29.8 Å². The molecule has 0 saturated carbocycles. The molecule has 0 bridgehead atoms. The van der Waals surface area contributed by atoms with Crippen molar-refractivity contribution >= 4 is 15.7 Å². The first-order valence-electron chi connectivity index (χ1n) is 6.40. The van der Waals surface area contributed by atoms with Crippen LogP contribution < -0.4 is 15.2 Å². The Morgan fingerprint density at radius 1 is 1.19 bits per heavy atom. The number of methoxy groups -OCH3 is 1. The summed E-state index contributed by atoms with van der Waals surface area (Å²) in [5.74, 6) is 0.565. The van der Waals surface area contributed by atoms with Gasteiger partial charge in [0.1, 0.15) is 5.75 Å². The number of anilines is 1.